The molecule has 1 heterocycles. The number of nitrogens with zero attached hydrogens (tertiary/aromatic N) is 1. The van der Waals surface area contributed by atoms with Crippen LogP contribution in [-0.2, 0) is 25.2 Å². The molecule has 0 aromatic heterocycles. The smallest absolute Gasteiger partial charge is 0.237 e. The molecule has 5 nitrogen and oxygen atoms in total. The minimum absolute atomic E-state index is 0.127. The fourth-order valence-electron chi connectivity index (χ4n) is 2.34. The molecule has 114 valence electrons. The number of aryl methyl sites for hydroxylation is 1. The first-order valence-electron chi connectivity index (χ1n) is 6.92. The van der Waals surface area contributed by atoms with Gasteiger partial charge in [0.25, 0.3) is 0 Å². The molecule has 0 radical (unpaired) electrons. The monoisotopic (exact) mass is 309 g/mol. The van der Waals surface area contributed by atoms with Gasteiger partial charge in [0.2, 0.25) is 5.91 Å². The summed E-state index contributed by atoms with van der Waals surface area (Å²) in [4.78, 5) is 24.6. The average molecular weight is 309 g/mol. The highest BCUT2D eigenvalue weighted by molar-refractivity contribution is 7.91. The summed E-state index contributed by atoms with van der Waals surface area (Å²) < 4.78 is 24.3. The Bertz CT molecular complexity index is 641. The molecule has 1 amide bonds. The van der Waals surface area contributed by atoms with Crippen molar-refractivity contribution in [2.45, 2.75) is 25.5 Å². The second kappa shape index (κ2) is 6.39. The van der Waals surface area contributed by atoms with Gasteiger partial charge < -0.3 is 4.90 Å². The molecule has 6 heteroatoms. The number of amides is 1. The number of benzene rings is 1. The normalized spacial score (nSPS) is 16.0. The molecule has 0 aliphatic carbocycles. The van der Waals surface area contributed by atoms with Crippen LogP contribution in [0.4, 0.5) is 0 Å². The molecule has 2 rings (SSSR count). The molecule has 0 spiro atoms. The van der Waals surface area contributed by atoms with Crippen LogP contribution in [0.1, 0.15) is 24.0 Å². The third-order valence-corrected chi connectivity index (χ3v) is 5.09. The lowest BCUT2D eigenvalue weighted by Crippen LogP contribution is -2.41. The molecular weight excluding hydrogens is 290 g/mol. The summed E-state index contributed by atoms with van der Waals surface area (Å²) >= 11 is 0. The summed E-state index contributed by atoms with van der Waals surface area (Å²) in [5.74, 6) is -0.897. The largest absolute Gasteiger partial charge is 0.341 e. The molecule has 0 N–H and O–H groups in total. The Morgan fingerprint density at radius 3 is 2.43 bits per heavy atom. The third kappa shape index (κ3) is 4.39. The summed E-state index contributed by atoms with van der Waals surface area (Å²) in [7, 11) is -3.50. The molecule has 1 fully saturated rings. The van der Waals surface area contributed by atoms with Crippen molar-refractivity contribution in [2.24, 2.45) is 0 Å². The van der Waals surface area contributed by atoms with Crippen LogP contribution in [0.2, 0.25) is 0 Å². The van der Waals surface area contributed by atoms with Crippen LogP contribution in [0.3, 0.4) is 0 Å². The Kier molecular flexibility index (Phi) is 4.77. The molecule has 21 heavy (non-hydrogen) atoms. The summed E-state index contributed by atoms with van der Waals surface area (Å²) in [6.45, 7) is 2.51. The second-order valence-corrected chi connectivity index (χ2v) is 7.44. The van der Waals surface area contributed by atoms with Crippen molar-refractivity contribution in [3.05, 3.63) is 35.4 Å². The highest BCUT2D eigenvalue weighted by atomic mass is 32.2. The third-order valence-electron chi connectivity index (χ3n) is 3.65. The molecule has 0 bridgehead atoms. The molecule has 1 aliphatic rings. The van der Waals surface area contributed by atoms with E-state index in [2.05, 4.69) is 0 Å². The number of likely N-dealkylation sites (tertiary alicyclic amines) is 1. The summed E-state index contributed by atoms with van der Waals surface area (Å²) in [6, 6.07) is 7.25. The van der Waals surface area contributed by atoms with Crippen LogP contribution < -0.4 is 0 Å². The number of carbonyl (C=O) groups is 2. The molecule has 1 aromatic carbocycles. The SMILES string of the molecule is Cc1ccccc1CS(=O)(=O)CC(=O)N1CCC(=O)CC1. The van der Waals surface area contributed by atoms with E-state index in [9.17, 15) is 18.0 Å². The molecular formula is C15H19NO4S. The maximum atomic E-state index is 12.2. The standard InChI is InChI=1S/C15H19NO4S/c1-12-4-2-3-5-13(12)10-21(19,20)11-15(18)16-8-6-14(17)7-9-16/h2-5H,6-11H2,1H3. The van der Waals surface area contributed by atoms with Gasteiger partial charge in [0.05, 0.1) is 5.75 Å². The number of piperidine rings is 1. The first-order chi connectivity index (χ1) is 9.87. The van der Waals surface area contributed by atoms with Crippen molar-refractivity contribution < 1.29 is 18.0 Å². The first-order valence-corrected chi connectivity index (χ1v) is 8.74. The van der Waals surface area contributed by atoms with E-state index in [1.54, 1.807) is 12.1 Å². The van der Waals surface area contributed by atoms with E-state index < -0.39 is 21.5 Å². The number of ketones is 1. The van der Waals surface area contributed by atoms with Gasteiger partial charge >= 0.3 is 0 Å². The topological polar surface area (TPSA) is 71.5 Å². The fourth-order valence-corrected chi connectivity index (χ4v) is 3.80. The maximum absolute atomic E-state index is 12.2. The Morgan fingerprint density at radius 2 is 1.81 bits per heavy atom. The first kappa shape index (κ1) is 15.7. The van der Waals surface area contributed by atoms with Gasteiger partial charge in [-0.2, -0.15) is 0 Å². The zero-order valence-corrected chi connectivity index (χ0v) is 12.9. The Morgan fingerprint density at radius 1 is 1.19 bits per heavy atom. The molecule has 0 unspecified atom stereocenters. The lowest BCUT2D eigenvalue weighted by atomic mass is 10.1. The Labute approximate surface area is 124 Å². The van der Waals surface area contributed by atoms with Crippen LogP contribution in [0.25, 0.3) is 0 Å². The highest BCUT2D eigenvalue weighted by Crippen LogP contribution is 2.13. The lowest BCUT2D eigenvalue weighted by Gasteiger charge is -2.25. The Hall–Kier alpha value is -1.69. The van der Waals surface area contributed by atoms with Gasteiger partial charge in [0, 0.05) is 25.9 Å². The predicted molar refractivity (Wildman–Crippen MR) is 79.5 cm³/mol. The van der Waals surface area contributed by atoms with E-state index in [4.69, 9.17) is 0 Å². The zero-order valence-electron chi connectivity index (χ0n) is 12.0. The molecule has 1 aliphatic heterocycles. The summed E-state index contributed by atoms with van der Waals surface area (Å²) in [6.07, 6.45) is 0.646. The van der Waals surface area contributed by atoms with Crippen LogP contribution in [0, 0.1) is 6.92 Å². The molecule has 0 saturated carbocycles. The predicted octanol–water partition coefficient (Wildman–Crippen LogP) is 1.10. The maximum Gasteiger partial charge on any atom is 0.237 e. The number of carbonyl (C=O) groups excluding carboxylic acids is 2. The van der Waals surface area contributed by atoms with Gasteiger partial charge in [-0.1, -0.05) is 24.3 Å². The highest BCUT2D eigenvalue weighted by Gasteiger charge is 2.25. The van der Waals surface area contributed by atoms with Crippen molar-refractivity contribution in [2.75, 3.05) is 18.8 Å². The van der Waals surface area contributed by atoms with Gasteiger partial charge in [0.1, 0.15) is 11.5 Å². The van der Waals surface area contributed by atoms with Gasteiger partial charge in [-0.3, -0.25) is 9.59 Å². The van der Waals surface area contributed by atoms with Gasteiger partial charge in [-0.05, 0) is 18.1 Å². The minimum Gasteiger partial charge on any atom is -0.341 e. The zero-order chi connectivity index (χ0) is 15.5. The van der Waals surface area contributed by atoms with E-state index in [1.807, 2.05) is 19.1 Å². The number of Topliss-reactive ketones (excluding diaryl/α,β-unsaturated/α-hetero) is 1. The quantitative estimate of drug-likeness (QED) is 0.835. The van der Waals surface area contributed by atoms with E-state index in [1.165, 1.54) is 4.90 Å². The summed E-state index contributed by atoms with van der Waals surface area (Å²) in [5.41, 5.74) is 1.62. The van der Waals surface area contributed by atoms with Crippen LogP contribution >= 0.6 is 0 Å². The average Bonchev–Trinajstić information content (AvgIpc) is 2.41. The van der Waals surface area contributed by atoms with E-state index in [0.29, 0.717) is 25.9 Å². The van der Waals surface area contributed by atoms with Crippen LogP contribution in [0.15, 0.2) is 24.3 Å². The van der Waals surface area contributed by atoms with E-state index >= 15 is 0 Å². The Balaban J connectivity index is 1.99. The van der Waals surface area contributed by atoms with E-state index in [0.717, 1.165) is 11.1 Å². The fraction of sp³-hybridized carbons (Fsp3) is 0.467. The number of hydrogen-bond donors (Lipinski definition) is 0. The lowest BCUT2D eigenvalue weighted by molar-refractivity contribution is -0.132. The second-order valence-electron chi connectivity index (χ2n) is 5.38. The number of hydrogen-bond acceptors (Lipinski definition) is 4. The number of sulfone groups is 1. The van der Waals surface area contributed by atoms with Crippen molar-refractivity contribution in [1.82, 2.24) is 4.90 Å². The van der Waals surface area contributed by atoms with Crippen molar-refractivity contribution >= 4 is 21.5 Å². The van der Waals surface area contributed by atoms with Gasteiger partial charge in [-0.25, -0.2) is 8.42 Å². The summed E-state index contributed by atoms with van der Waals surface area (Å²) in [5, 5.41) is 0. The van der Waals surface area contributed by atoms with Crippen molar-refractivity contribution in [3.8, 4) is 0 Å². The number of rotatable bonds is 4. The van der Waals surface area contributed by atoms with E-state index in [-0.39, 0.29) is 11.5 Å². The van der Waals surface area contributed by atoms with Crippen molar-refractivity contribution in [3.63, 3.8) is 0 Å². The van der Waals surface area contributed by atoms with Gasteiger partial charge in [0.15, 0.2) is 9.84 Å². The van der Waals surface area contributed by atoms with Crippen LogP contribution in [-0.4, -0.2) is 43.9 Å². The molecule has 0 atom stereocenters. The molecule has 1 aromatic rings. The van der Waals surface area contributed by atoms with Crippen LogP contribution in [0.5, 0.6) is 0 Å². The minimum atomic E-state index is -3.50. The molecule has 1 saturated heterocycles. The van der Waals surface area contributed by atoms with Crippen molar-refractivity contribution in [1.29, 1.82) is 0 Å². The van der Waals surface area contributed by atoms with Gasteiger partial charge in [-0.15, -0.1) is 0 Å².